The zero-order valence-electron chi connectivity index (χ0n) is 6.44. The molecule has 5 heteroatoms. The number of nitrogens with two attached hydrogens (primary N) is 1. The molecule has 1 aromatic heterocycles. The lowest BCUT2D eigenvalue weighted by atomic mass is 10.3. The molecule has 3 N–H and O–H groups in total. The summed E-state index contributed by atoms with van der Waals surface area (Å²) in [4.78, 5) is 0. The van der Waals surface area contributed by atoms with Gasteiger partial charge in [0.05, 0.1) is 6.20 Å². The molecule has 1 rings (SSSR count). The Labute approximate surface area is 64.8 Å². The van der Waals surface area contributed by atoms with Gasteiger partial charge in [0.1, 0.15) is 11.8 Å². The summed E-state index contributed by atoms with van der Waals surface area (Å²) in [6.45, 7) is 2.89. The SMILES string of the molecule is CCn1cc([C@@H](O)CN)nn1. The second-order valence-electron chi connectivity index (χ2n) is 2.25. The van der Waals surface area contributed by atoms with E-state index in [9.17, 15) is 5.11 Å². The number of aliphatic hydroxyl groups excluding tert-OH is 1. The summed E-state index contributed by atoms with van der Waals surface area (Å²) in [6, 6.07) is 0. The van der Waals surface area contributed by atoms with Crippen LogP contribution in [0.2, 0.25) is 0 Å². The Morgan fingerprint density at radius 1 is 1.82 bits per heavy atom. The molecule has 0 spiro atoms. The lowest BCUT2D eigenvalue weighted by molar-refractivity contribution is 0.181. The molecule has 0 saturated heterocycles. The third-order valence-corrected chi connectivity index (χ3v) is 1.45. The fourth-order valence-corrected chi connectivity index (χ4v) is 0.741. The first kappa shape index (κ1) is 8.16. The summed E-state index contributed by atoms with van der Waals surface area (Å²) in [5, 5.41) is 16.7. The molecule has 0 aliphatic heterocycles. The molecule has 62 valence electrons. The molecule has 0 aliphatic carbocycles. The predicted molar refractivity (Wildman–Crippen MR) is 39.7 cm³/mol. The fraction of sp³-hybridized carbons (Fsp3) is 0.667. The topological polar surface area (TPSA) is 77.0 Å². The van der Waals surface area contributed by atoms with Crippen LogP contribution in [-0.4, -0.2) is 26.6 Å². The first-order valence-corrected chi connectivity index (χ1v) is 3.56. The summed E-state index contributed by atoms with van der Waals surface area (Å²) in [7, 11) is 0. The Morgan fingerprint density at radius 2 is 2.55 bits per heavy atom. The van der Waals surface area contributed by atoms with Crippen LogP contribution in [0, 0.1) is 0 Å². The molecule has 0 amide bonds. The largest absolute Gasteiger partial charge is 0.385 e. The Bertz CT molecular complexity index is 222. The molecule has 11 heavy (non-hydrogen) atoms. The van der Waals surface area contributed by atoms with E-state index in [4.69, 9.17) is 5.73 Å². The number of aryl methyl sites for hydroxylation is 1. The molecule has 0 aliphatic rings. The van der Waals surface area contributed by atoms with E-state index in [2.05, 4.69) is 10.3 Å². The van der Waals surface area contributed by atoms with Crippen LogP contribution >= 0.6 is 0 Å². The van der Waals surface area contributed by atoms with Crippen LogP contribution in [-0.2, 0) is 6.54 Å². The van der Waals surface area contributed by atoms with E-state index in [0.29, 0.717) is 5.69 Å². The normalized spacial score (nSPS) is 13.4. The van der Waals surface area contributed by atoms with Crippen LogP contribution in [0.1, 0.15) is 18.7 Å². The van der Waals surface area contributed by atoms with Gasteiger partial charge in [-0.25, -0.2) is 0 Å². The summed E-state index contributed by atoms with van der Waals surface area (Å²) in [6.07, 6.45) is 1.01. The number of hydrogen-bond acceptors (Lipinski definition) is 4. The lowest BCUT2D eigenvalue weighted by Crippen LogP contribution is -2.11. The van der Waals surface area contributed by atoms with Crippen LogP contribution in [0.5, 0.6) is 0 Å². The van der Waals surface area contributed by atoms with Gasteiger partial charge >= 0.3 is 0 Å². The second-order valence-corrected chi connectivity index (χ2v) is 2.25. The third kappa shape index (κ3) is 1.75. The van der Waals surface area contributed by atoms with Crippen molar-refractivity contribution in [3.63, 3.8) is 0 Å². The van der Waals surface area contributed by atoms with Crippen molar-refractivity contribution < 1.29 is 5.11 Å². The van der Waals surface area contributed by atoms with E-state index in [1.54, 1.807) is 10.9 Å². The van der Waals surface area contributed by atoms with Crippen molar-refractivity contribution in [1.29, 1.82) is 0 Å². The molecule has 1 aromatic rings. The van der Waals surface area contributed by atoms with Gasteiger partial charge in [-0.15, -0.1) is 5.10 Å². The number of hydrogen-bond donors (Lipinski definition) is 2. The van der Waals surface area contributed by atoms with Crippen LogP contribution in [0.3, 0.4) is 0 Å². The smallest absolute Gasteiger partial charge is 0.112 e. The minimum Gasteiger partial charge on any atom is -0.385 e. The van der Waals surface area contributed by atoms with Crippen molar-refractivity contribution in [2.75, 3.05) is 6.54 Å². The van der Waals surface area contributed by atoms with Gasteiger partial charge < -0.3 is 10.8 Å². The van der Waals surface area contributed by atoms with E-state index in [1.165, 1.54) is 0 Å². The van der Waals surface area contributed by atoms with Gasteiger partial charge in [0.2, 0.25) is 0 Å². The number of rotatable bonds is 3. The van der Waals surface area contributed by atoms with Gasteiger partial charge in [-0.3, -0.25) is 4.68 Å². The van der Waals surface area contributed by atoms with Crippen LogP contribution in [0.15, 0.2) is 6.20 Å². The Balaban J connectivity index is 2.71. The molecular weight excluding hydrogens is 144 g/mol. The van der Waals surface area contributed by atoms with Crippen molar-refractivity contribution >= 4 is 0 Å². The van der Waals surface area contributed by atoms with Crippen LogP contribution < -0.4 is 5.73 Å². The van der Waals surface area contributed by atoms with Crippen molar-refractivity contribution in [3.05, 3.63) is 11.9 Å². The maximum absolute atomic E-state index is 9.20. The average molecular weight is 156 g/mol. The molecule has 0 aromatic carbocycles. The first-order chi connectivity index (χ1) is 5.27. The predicted octanol–water partition coefficient (Wildman–Crippen LogP) is -0.710. The standard InChI is InChI=1S/C6H12N4O/c1-2-10-4-5(8-9-10)6(11)3-7/h4,6,11H,2-3,7H2,1H3/t6-/m0/s1. The molecule has 1 heterocycles. The maximum Gasteiger partial charge on any atom is 0.112 e. The van der Waals surface area contributed by atoms with Gasteiger partial charge in [-0.05, 0) is 6.92 Å². The summed E-state index contributed by atoms with van der Waals surface area (Å²) in [5.41, 5.74) is 5.76. The highest BCUT2D eigenvalue weighted by Gasteiger charge is 2.08. The zero-order valence-corrected chi connectivity index (χ0v) is 6.44. The molecular formula is C6H12N4O. The Morgan fingerprint density at radius 3 is 3.00 bits per heavy atom. The first-order valence-electron chi connectivity index (χ1n) is 3.56. The quantitative estimate of drug-likeness (QED) is 0.606. The number of aromatic nitrogens is 3. The molecule has 1 atom stereocenters. The van der Waals surface area contributed by atoms with Crippen molar-refractivity contribution in [3.8, 4) is 0 Å². The van der Waals surface area contributed by atoms with Gasteiger partial charge in [0, 0.05) is 13.1 Å². The van der Waals surface area contributed by atoms with Crippen LogP contribution in [0.4, 0.5) is 0 Å². The van der Waals surface area contributed by atoms with Gasteiger partial charge in [-0.2, -0.15) is 0 Å². The highest BCUT2D eigenvalue weighted by Crippen LogP contribution is 2.05. The van der Waals surface area contributed by atoms with Gasteiger partial charge in [-0.1, -0.05) is 5.21 Å². The Kier molecular flexibility index (Phi) is 2.56. The van der Waals surface area contributed by atoms with Crippen LogP contribution in [0.25, 0.3) is 0 Å². The highest BCUT2D eigenvalue weighted by atomic mass is 16.3. The van der Waals surface area contributed by atoms with Crippen molar-refractivity contribution in [1.82, 2.24) is 15.0 Å². The highest BCUT2D eigenvalue weighted by molar-refractivity contribution is 4.97. The number of aliphatic hydroxyl groups is 1. The fourth-order valence-electron chi connectivity index (χ4n) is 0.741. The minimum absolute atomic E-state index is 0.183. The monoisotopic (exact) mass is 156 g/mol. The molecule has 0 bridgehead atoms. The molecule has 0 unspecified atom stereocenters. The van der Waals surface area contributed by atoms with E-state index >= 15 is 0 Å². The molecule has 0 radical (unpaired) electrons. The van der Waals surface area contributed by atoms with Crippen molar-refractivity contribution in [2.24, 2.45) is 5.73 Å². The Hall–Kier alpha value is -0.940. The summed E-state index contributed by atoms with van der Waals surface area (Å²) < 4.78 is 1.65. The lowest BCUT2D eigenvalue weighted by Gasteiger charge is -1.99. The maximum atomic E-state index is 9.20. The van der Waals surface area contributed by atoms with E-state index in [0.717, 1.165) is 6.54 Å². The third-order valence-electron chi connectivity index (χ3n) is 1.45. The summed E-state index contributed by atoms with van der Waals surface area (Å²) in [5.74, 6) is 0. The van der Waals surface area contributed by atoms with Gasteiger partial charge in [0.25, 0.3) is 0 Å². The van der Waals surface area contributed by atoms with E-state index in [-0.39, 0.29) is 6.54 Å². The molecule has 0 saturated carbocycles. The second kappa shape index (κ2) is 3.45. The van der Waals surface area contributed by atoms with Gasteiger partial charge in [0.15, 0.2) is 0 Å². The summed E-state index contributed by atoms with van der Waals surface area (Å²) >= 11 is 0. The molecule has 5 nitrogen and oxygen atoms in total. The van der Waals surface area contributed by atoms with Crippen molar-refractivity contribution in [2.45, 2.75) is 19.6 Å². The average Bonchev–Trinajstić information content (AvgIpc) is 2.50. The number of nitrogens with zero attached hydrogens (tertiary/aromatic N) is 3. The minimum atomic E-state index is -0.685. The zero-order chi connectivity index (χ0) is 8.27. The van der Waals surface area contributed by atoms with E-state index in [1.807, 2.05) is 6.92 Å². The van der Waals surface area contributed by atoms with E-state index < -0.39 is 6.10 Å². The molecule has 0 fully saturated rings.